The third kappa shape index (κ3) is 5.28. The Morgan fingerprint density at radius 2 is 2.38 bits per heavy atom. The Morgan fingerprint density at radius 3 is 3.06 bits per heavy atom. The summed E-state index contributed by atoms with van der Waals surface area (Å²) in [5.41, 5.74) is 1.04. The summed E-state index contributed by atoms with van der Waals surface area (Å²) in [5, 5.41) is 3.28. The molecule has 0 aromatic carbocycles. The number of nitrogens with one attached hydrogen (secondary N) is 1. The maximum atomic E-state index is 5.55. The quantitative estimate of drug-likeness (QED) is 0.618. The van der Waals surface area contributed by atoms with Gasteiger partial charge in [-0.25, -0.2) is 0 Å². The number of aromatic nitrogens is 1. The maximum Gasteiger partial charge on any atom is 0.139 e. The first-order valence-corrected chi connectivity index (χ1v) is 6.12. The number of pyridine rings is 1. The van der Waals surface area contributed by atoms with Gasteiger partial charge in [-0.05, 0) is 40.5 Å². The molecule has 4 heteroatoms. The minimum atomic E-state index is 0.523. The van der Waals surface area contributed by atoms with Crippen molar-refractivity contribution in [3.63, 3.8) is 0 Å². The minimum absolute atomic E-state index is 0.523. The van der Waals surface area contributed by atoms with Crippen LogP contribution in [-0.2, 0) is 0 Å². The number of nitrogens with zero attached hydrogens (tertiary/aromatic N) is 1. The van der Waals surface area contributed by atoms with Gasteiger partial charge in [-0.3, -0.25) is 4.98 Å². The summed E-state index contributed by atoms with van der Waals surface area (Å²) in [4.78, 5) is 4.02. The van der Waals surface area contributed by atoms with E-state index in [9.17, 15) is 0 Å². The number of halogens is 1. The van der Waals surface area contributed by atoms with Gasteiger partial charge in [-0.2, -0.15) is 0 Å². The zero-order valence-electron chi connectivity index (χ0n) is 9.50. The number of hydrogen-bond acceptors (Lipinski definition) is 3. The zero-order valence-corrected chi connectivity index (χ0v) is 11.1. The maximum absolute atomic E-state index is 5.55. The van der Waals surface area contributed by atoms with Crippen molar-refractivity contribution in [1.29, 1.82) is 0 Å². The average Bonchev–Trinajstić information content (AvgIpc) is 2.27. The molecule has 1 aromatic heterocycles. The summed E-state index contributed by atoms with van der Waals surface area (Å²) in [6.07, 6.45) is 4.55. The summed E-state index contributed by atoms with van der Waals surface area (Å²) < 4.78 is 6.46. The molecule has 88 valence electrons. The molecule has 1 rings (SSSR count). The van der Waals surface area contributed by atoms with Crippen molar-refractivity contribution in [3.8, 4) is 5.75 Å². The normalized spacial score (nSPS) is 10.1. The lowest BCUT2D eigenvalue weighted by molar-refractivity contribution is 0.346. The van der Waals surface area contributed by atoms with Gasteiger partial charge in [-0.1, -0.05) is 13.5 Å². The largest absolute Gasteiger partial charge is 0.488 e. The van der Waals surface area contributed by atoms with Gasteiger partial charge in [0.25, 0.3) is 0 Å². The van der Waals surface area contributed by atoms with Gasteiger partial charge in [0.2, 0.25) is 0 Å². The van der Waals surface area contributed by atoms with E-state index in [4.69, 9.17) is 4.74 Å². The van der Waals surface area contributed by atoms with Crippen LogP contribution in [0, 0.1) is 0 Å². The zero-order chi connectivity index (χ0) is 11.8. The van der Waals surface area contributed by atoms with Gasteiger partial charge in [-0.15, -0.1) is 0 Å². The highest BCUT2D eigenvalue weighted by Crippen LogP contribution is 2.16. The van der Waals surface area contributed by atoms with E-state index < -0.39 is 0 Å². The minimum Gasteiger partial charge on any atom is -0.488 e. The molecule has 0 unspecified atom stereocenters. The third-order valence-corrected chi connectivity index (χ3v) is 2.36. The molecule has 0 fully saturated rings. The van der Waals surface area contributed by atoms with Crippen molar-refractivity contribution in [2.24, 2.45) is 0 Å². The van der Waals surface area contributed by atoms with Crippen molar-refractivity contribution >= 4 is 15.9 Å². The van der Waals surface area contributed by atoms with Gasteiger partial charge < -0.3 is 10.1 Å². The molecule has 1 N–H and O–H groups in total. The summed E-state index contributed by atoms with van der Waals surface area (Å²) in [6.45, 7) is 8.42. The molecule has 0 atom stereocenters. The topological polar surface area (TPSA) is 34.1 Å². The molecule has 1 heterocycles. The molecule has 0 saturated carbocycles. The van der Waals surface area contributed by atoms with E-state index in [-0.39, 0.29) is 0 Å². The molecule has 0 spiro atoms. The highest BCUT2D eigenvalue weighted by Gasteiger charge is 1.98. The highest BCUT2D eigenvalue weighted by molar-refractivity contribution is 9.10. The summed E-state index contributed by atoms with van der Waals surface area (Å²) in [6, 6.07) is 1.89. The van der Waals surface area contributed by atoms with E-state index in [0.717, 1.165) is 35.3 Å². The van der Waals surface area contributed by atoms with Crippen molar-refractivity contribution in [3.05, 3.63) is 35.1 Å². The van der Waals surface area contributed by atoms with E-state index in [1.165, 1.54) is 0 Å². The second kappa shape index (κ2) is 7.41. The predicted molar refractivity (Wildman–Crippen MR) is 69.7 cm³/mol. The highest BCUT2D eigenvalue weighted by atomic mass is 79.9. The second-order valence-electron chi connectivity index (χ2n) is 3.55. The monoisotopic (exact) mass is 284 g/mol. The number of hydrogen-bond donors (Lipinski definition) is 1. The standard InChI is InChI=1S/C12H17BrN2O/c1-3-4-14-6-10(2)9-16-12-5-11(13)7-15-8-12/h5,7-8,14H,2-4,6,9H2,1H3. The molecule has 0 bridgehead atoms. The Balaban J connectivity index is 2.26. The fraction of sp³-hybridized carbons (Fsp3) is 0.417. The first-order chi connectivity index (χ1) is 7.72. The average molecular weight is 285 g/mol. The predicted octanol–water partition coefficient (Wildman–Crippen LogP) is 2.78. The number of rotatable bonds is 7. The lowest BCUT2D eigenvalue weighted by Crippen LogP contribution is -2.20. The van der Waals surface area contributed by atoms with Crippen LogP contribution in [0.15, 0.2) is 35.1 Å². The summed E-state index contributed by atoms with van der Waals surface area (Å²) in [5.74, 6) is 0.756. The van der Waals surface area contributed by atoms with Crippen LogP contribution in [-0.4, -0.2) is 24.7 Å². The molecule has 0 aliphatic rings. The Kier molecular flexibility index (Phi) is 6.11. The molecule has 16 heavy (non-hydrogen) atoms. The van der Waals surface area contributed by atoms with Crippen molar-refractivity contribution in [1.82, 2.24) is 10.3 Å². The molecule has 0 aliphatic heterocycles. The molecule has 0 aliphatic carbocycles. The summed E-state index contributed by atoms with van der Waals surface area (Å²) >= 11 is 3.34. The van der Waals surface area contributed by atoms with E-state index in [1.807, 2.05) is 6.07 Å². The second-order valence-corrected chi connectivity index (χ2v) is 4.47. The van der Waals surface area contributed by atoms with Crippen LogP contribution < -0.4 is 10.1 Å². The Bertz CT molecular complexity index is 342. The SMILES string of the molecule is C=C(CNCCC)COc1cncc(Br)c1. The van der Waals surface area contributed by atoms with Gasteiger partial charge in [0.05, 0.1) is 6.20 Å². The Labute approximate surface area is 105 Å². The molecule has 0 amide bonds. The smallest absolute Gasteiger partial charge is 0.139 e. The fourth-order valence-corrected chi connectivity index (χ4v) is 1.49. The van der Waals surface area contributed by atoms with Gasteiger partial charge in [0, 0.05) is 17.2 Å². The van der Waals surface area contributed by atoms with Gasteiger partial charge in [0.1, 0.15) is 12.4 Å². The van der Waals surface area contributed by atoms with Crippen molar-refractivity contribution in [2.75, 3.05) is 19.7 Å². The Morgan fingerprint density at radius 1 is 1.56 bits per heavy atom. The Hall–Kier alpha value is -0.870. The molecular formula is C12H17BrN2O. The van der Waals surface area contributed by atoms with Crippen LogP contribution >= 0.6 is 15.9 Å². The first-order valence-electron chi connectivity index (χ1n) is 5.33. The van der Waals surface area contributed by atoms with E-state index in [2.05, 4.69) is 39.7 Å². The van der Waals surface area contributed by atoms with Crippen LogP contribution in [0.1, 0.15) is 13.3 Å². The van der Waals surface area contributed by atoms with Gasteiger partial charge in [0.15, 0.2) is 0 Å². The molecular weight excluding hydrogens is 268 g/mol. The van der Waals surface area contributed by atoms with Crippen LogP contribution in [0.2, 0.25) is 0 Å². The lowest BCUT2D eigenvalue weighted by Gasteiger charge is -2.09. The fourth-order valence-electron chi connectivity index (χ4n) is 1.15. The van der Waals surface area contributed by atoms with Crippen molar-refractivity contribution < 1.29 is 4.74 Å². The lowest BCUT2D eigenvalue weighted by atomic mass is 10.3. The first kappa shape index (κ1) is 13.2. The van der Waals surface area contributed by atoms with Crippen LogP contribution in [0.4, 0.5) is 0 Å². The molecule has 0 radical (unpaired) electrons. The van der Waals surface area contributed by atoms with E-state index >= 15 is 0 Å². The van der Waals surface area contributed by atoms with Crippen LogP contribution in [0.25, 0.3) is 0 Å². The van der Waals surface area contributed by atoms with Crippen LogP contribution in [0.3, 0.4) is 0 Å². The molecule has 1 aromatic rings. The van der Waals surface area contributed by atoms with E-state index in [1.54, 1.807) is 12.4 Å². The van der Waals surface area contributed by atoms with E-state index in [0.29, 0.717) is 6.61 Å². The molecule has 0 saturated heterocycles. The van der Waals surface area contributed by atoms with Crippen LogP contribution in [0.5, 0.6) is 5.75 Å². The molecule has 3 nitrogen and oxygen atoms in total. The van der Waals surface area contributed by atoms with Crippen molar-refractivity contribution in [2.45, 2.75) is 13.3 Å². The van der Waals surface area contributed by atoms with Gasteiger partial charge >= 0.3 is 0 Å². The third-order valence-electron chi connectivity index (χ3n) is 1.92. The number of ether oxygens (including phenoxy) is 1. The summed E-state index contributed by atoms with van der Waals surface area (Å²) in [7, 11) is 0.